The minimum atomic E-state index is -0.226. The molecule has 8 nitrogen and oxygen atoms in total. The van der Waals surface area contributed by atoms with E-state index in [0.717, 1.165) is 17.1 Å². The van der Waals surface area contributed by atoms with Gasteiger partial charge in [0.1, 0.15) is 6.33 Å². The number of ether oxygens (including phenoxy) is 2. The van der Waals surface area contributed by atoms with Crippen molar-refractivity contribution in [3.05, 3.63) is 35.9 Å². The van der Waals surface area contributed by atoms with Crippen molar-refractivity contribution in [2.45, 2.75) is 26.4 Å². The van der Waals surface area contributed by atoms with Crippen LogP contribution in [0.1, 0.15) is 31.3 Å². The fourth-order valence-electron chi connectivity index (χ4n) is 2.61. The molecule has 0 saturated carbocycles. The number of carbonyl (C=O) groups is 1. The second-order valence-corrected chi connectivity index (χ2v) is 5.67. The van der Waals surface area contributed by atoms with Crippen LogP contribution in [0.3, 0.4) is 0 Å². The van der Waals surface area contributed by atoms with Crippen molar-refractivity contribution in [2.24, 2.45) is 7.05 Å². The fraction of sp³-hybridized carbons (Fsp3) is 0.438. The maximum absolute atomic E-state index is 12.5. The van der Waals surface area contributed by atoms with Gasteiger partial charge in [-0.25, -0.2) is 4.79 Å². The van der Waals surface area contributed by atoms with Gasteiger partial charge in [0.25, 0.3) is 0 Å². The number of nitrogens with zero attached hydrogens (tertiary/aromatic N) is 4. The van der Waals surface area contributed by atoms with Crippen LogP contribution < -0.4 is 14.8 Å². The van der Waals surface area contributed by atoms with Crippen LogP contribution in [0.4, 0.5) is 4.79 Å². The quantitative estimate of drug-likeness (QED) is 0.904. The summed E-state index contributed by atoms with van der Waals surface area (Å²) < 4.78 is 12.5. The third-order valence-corrected chi connectivity index (χ3v) is 3.95. The number of hydrogen-bond acceptors (Lipinski definition) is 5. The van der Waals surface area contributed by atoms with Gasteiger partial charge in [0.2, 0.25) is 6.79 Å². The molecule has 2 heterocycles. The molecule has 3 rings (SSSR count). The van der Waals surface area contributed by atoms with Crippen molar-refractivity contribution in [1.82, 2.24) is 25.0 Å². The van der Waals surface area contributed by atoms with Gasteiger partial charge in [-0.2, -0.15) is 0 Å². The first kappa shape index (κ1) is 16.1. The number of urea groups is 1. The molecule has 0 fully saturated rings. The lowest BCUT2D eigenvalue weighted by Gasteiger charge is -2.24. The predicted molar refractivity (Wildman–Crippen MR) is 86.6 cm³/mol. The van der Waals surface area contributed by atoms with Crippen molar-refractivity contribution in [1.29, 1.82) is 0 Å². The number of hydrogen-bond donors (Lipinski definition) is 1. The Morgan fingerprint density at radius 1 is 1.42 bits per heavy atom. The summed E-state index contributed by atoms with van der Waals surface area (Å²) in [4.78, 5) is 14.3. The minimum absolute atomic E-state index is 0.148. The Morgan fingerprint density at radius 2 is 2.21 bits per heavy atom. The van der Waals surface area contributed by atoms with E-state index in [9.17, 15) is 4.79 Å². The molecule has 2 amide bonds. The predicted octanol–water partition coefficient (Wildman–Crippen LogP) is 1.84. The van der Waals surface area contributed by atoms with Gasteiger partial charge in [-0.15, -0.1) is 10.2 Å². The van der Waals surface area contributed by atoms with Gasteiger partial charge in [-0.05, 0) is 31.5 Å². The topological polar surface area (TPSA) is 81.5 Å². The van der Waals surface area contributed by atoms with Gasteiger partial charge in [0.15, 0.2) is 17.3 Å². The van der Waals surface area contributed by atoms with Crippen molar-refractivity contribution in [2.75, 3.05) is 13.3 Å². The molecule has 1 N–H and O–H groups in total. The molecule has 0 radical (unpaired) electrons. The zero-order valence-electron chi connectivity index (χ0n) is 14.0. The molecule has 2 aromatic rings. The third kappa shape index (κ3) is 3.27. The van der Waals surface area contributed by atoms with Crippen molar-refractivity contribution >= 4 is 6.03 Å². The molecule has 1 aromatic carbocycles. The van der Waals surface area contributed by atoms with Crippen LogP contribution in [0.2, 0.25) is 0 Å². The van der Waals surface area contributed by atoms with Gasteiger partial charge < -0.3 is 24.3 Å². The maximum atomic E-state index is 12.5. The van der Waals surface area contributed by atoms with E-state index in [0.29, 0.717) is 18.9 Å². The molecule has 8 heteroatoms. The third-order valence-electron chi connectivity index (χ3n) is 3.95. The highest BCUT2D eigenvalue weighted by molar-refractivity contribution is 5.74. The monoisotopic (exact) mass is 331 g/mol. The molecular formula is C16H21N5O3. The van der Waals surface area contributed by atoms with E-state index in [1.807, 2.05) is 39.1 Å². The van der Waals surface area contributed by atoms with E-state index in [-0.39, 0.29) is 18.9 Å². The fourth-order valence-corrected chi connectivity index (χ4v) is 2.61. The summed E-state index contributed by atoms with van der Waals surface area (Å²) >= 11 is 0. The minimum Gasteiger partial charge on any atom is -0.454 e. The number of carbonyl (C=O) groups excluding carboxylic acids is 1. The normalized spacial score (nSPS) is 13.6. The molecule has 1 aliphatic rings. The zero-order chi connectivity index (χ0) is 17.1. The van der Waals surface area contributed by atoms with E-state index in [4.69, 9.17) is 9.47 Å². The number of amides is 2. The molecule has 24 heavy (non-hydrogen) atoms. The molecule has 0 spiro atoms. The second kappa shape index (κ2) is 6.77. The largest absolute Gasteiger partial charge is 0.454 e. The van der Waals surface area contributed by atoms with Crippen LogP contribution >= 0.6 is 0 Å². The molecule has 0 aliphatic carbocycles. The standard InChI is InChI=1S/C16H21N5O3/c1-4-21(8-12-5-6-13-14(7-12)24-10-23-13)16(22)18-11(2)15-19-17-9-20(15)3/h5-7,9,11H,4,8,10H2,1-3H3,(H,18,22)/t11-/m0/s1. The van der Waals surface area contributed by atoms with Crippen LogP contribution in [0.5, 0.6) is 11.5 Å². The van der Waals surface area contributed by atoms with Crippen molar-refractivity contribution in [3.63, 3.8) is 0 Å². The highest BCUT2D eigenvalue weighted by atomic mass is 16.7. The van der Waals surface area contributed by atoms with E-state index in [1.165, 1.54) is 0 Å². The Hall–Kier alpha value is -2.77. The van der Waals surface area contributed by atoms with Crippen LogP contribution in [-0.2, 0) is 13.6 Å². The number of fused-ring (bicyclic) bond motifs is 1. The van der Waals surface area contributed by atoms with Crippen LogP contribution in [0.15, 0.2) is 24.5 Å². The van der Waals surface area contributed by atoms with Gasteiger partial charge in [0, 0.05) is 20.1 Å². The Kier molecular flexibility index (Phi) is 4.54. The first-order chi connectivity index (χ1) is 11.6. The summed E-state index contributed by atoms with van der Waals surface area (Å²) in [5, 5.41) is 10.8. The van der Waals surface area contributed by atoms with Gasteiger partial charge >= 0.3 is 6.03 Å². The van der Waals surface area contributed by atoms with E-state index >= 15 is 0 Å². The van der Waals surface area contributed by atoms with E-state index < -0.39 is 0 Å². The summed E-state index contributed by atoms with van der Waals surface area (Å²) in [5.74, 6) is 2.17. The van der Waals surface area contributed by atoms with Crippen molar-refractivity contribution in [3.8, 4) is 11.5 Å². The Bertz CT molecular complexity index is 730. The number of benzene rings is 1. The Balaban J connectivity index is 1.65. The van der Waals surface area contributed by atoms with Gasteiger partial charge in [-0.1, -0.05) is 6.07 Å². The lowest BCUT2D eigenvalue weighted by Crippen LogP contribution is -2.41. The number of rotatable bonds is 5. The van der Waals surface area contributed by atoms with Crippen LogP contribution in [0.25, 0.3) is 0 Å². The molecule has 1 atom stereocenters. The lowest BCUT2D eigenvalue weighted by atomic mass is 10.2. The highest BCUT2D eigenvalue weighted by Crippen LogP contribution is 2.32. The number of aryl methyl sites for hydroxylation is 1. The number of aromatic nitrogens is 3. The van der Waals surface area contributed by atoms with Gasteiger partial charge in [-0.3, -0.25) is 0 Å². The molecule has 128 valence electrons. The maximum Gasteiger partial charge on any atom is 0.318 e. The summed E-state index contributed by atoms with van der Waals surface area (Å²) in [6.07, 6.45) is 1.61. The summed E-state index contributed by atoms with van der Waals surface area (Å²) in [5.41, 5.74) is 0.988. The molecule has 0 unspecified atom stereocenters. The number of nitrogens with one attached hydrogen (secondary N) is 1. The Morgan fingerprint density at radius 3 is 2.92 bits per heavy atom. The summed E-state index contributed by atoms with van der Waals surface area (Å²) in [6, 6.07) is 5.34. The first-order valence-corrected chi connectivity index (χ1v) is 7.86. The molecule has 1 aromatic heterocycles. The smallest absolute Gasteiger partial charge is 0.318 e. The molecular weight excluding hydrogens is 310 g/mol. The SMILES string of the molecule is CCN(Cc1ccc2c(c1)OCO2)C(=O)N[C@@H](C)c1nncn1C. The Labute approximate surface area is 140 Å². The van der Waals surface area contributed by atoms with E-state index in [1.54, 1.807) is 15.8 Å². The molecule has 0 saturated heterocycles. The summed E-state index contributed by atoms with van der Waals surface area (Å²) in [7, 11) is 1.85. The first-order valence-electron chi connectivity index (χ1n) is 7.86. The molecule has 1 aliphatic heterocycles. The molecule has 0 bridgehead atoms. The second-order valence-electron chi connectivity index (χ2n) is 5.67. The van der Waals surface area contributed by atoms with E-state index in [2.05, 4.69) is 15.5 Å². The summed E-state index contributed by atoms with van der Waals surface area (Å²) in [6.45, 7) is 5.15. The van der Waals surface area contributed by atoms with Crippen LogP contribution in [-0.4, -0.2) is 39.0 Å². The zero-order valence-corrected chi connectivity index (χ0v) is 14.0. The average molecular weight is 331 g/mol. The highest BCUT2D eigenvalue weighted by Gasteiger charge is 2.20. The van der Waals surface area contributed by atoms with Gasteiger partial charge in [0.05, 0.1) is 6.04 Å². The van der Waals surface area contributed by atoms with Crippen LogP contribution in [0, 0.1) is 0 Å². The van der Waals surface area contributed by atoms with Crippen molar-refractivity contribution < 1.29 is 14.3 Å². The lowest BCUT2D eigenvalue weighted by molar-refractivity contribution is 0.173. The average Bonchev–Trinajstić information content (AvgIpc) is 3.20.